The summed E-state index contributed by atoms with van der Waals surface area (Å²) in [4.78, 5) is 18.0. The number of aliphatic hydroxyl groups is 1. The van der Waals surface area contributed by atoms with Gasteiger partial charge in [-0.25, -0.2) is 0 Å². The maximum absolute atomic E-state index is 12.9. The maximum Gasteiger partial charge on any atom is 0.239 e. The van der Waals surface area contributed by atoms with E-state index in [0.29, 0.717) is 43.6 Å². The normalized spacial score (nSPS) is 19.4. The summed E-state index contributed by atoms with van der Waals surface area (Å²) in [6, 6.07) is 9.37. The molecule has 3 aromatic rings. The second-order valence-electron chi connectivity index (χ2n) is 9.18. The van der Waals surface area contributed by atoms with Gasteiger partial charge in [0.1, 0.15) is 11.5 Å². The Labute approximate surface area is 187 Å². The van der Waals surface area contributed by atoms with Crippen LogP contribution in [-0.2, 0) is 11.2 Å². The van der Waals surface area contributed by atoms with Crippen LogP contribution in [0.4, 0.5) is 0 Å². The molecule has 1 unspecified atom stereocenters. The fraction of sp³-hybridized carbons (Fsp3) is 0.500. The number of nitrogens with zero attached hydrogens (tertiary/aromatic N) is 2. The Bertz CT molecular complexity index is 1060. The number of carbonyl (C=O) groups excluding carboxylic acids is 1. The van der Waals surface area contributed by atoms with E-state index in [0.717, 1.165) is 47.9 Å². The zero-order valence-electron chi connectivity index (χ0n) is 18.2. The highest BCUT2D eigenvalue weighted by Crippen LogP contribution is 2.40. The lowest BCUT2D eigenvalue weighted by Crippen LogP contribution is -2.48. The molecule has 32 heavy (non-hydrogen) atoms. The molecule has 0 radical (unpaired) electrons. The van der Waals surface area contributed by atoms with Gasteiger partial charge in [-0.2, -0.15) is 0 Å². The van der Waals surface area contributed by atoms with Crippen molar-refractivity contribution in [1.82, 2.24) is 20.4 Å². The molecule has 2 aromatic heterocycles. The van der Waals surface area contributed by atoms with Gasteiger partial charge in [0, 0.05) is 48.7 Å². The molecule has 3 heterocycles. The zero-order chi connectivity index (χ0) is 22.1. The first kappa shape index (κ1) is 21.2. The summed E-state index contributed by atoms with van der Waals surface area (Å²) in [5, 5.41) is 18.6. The molecule has 0 spiro atoms. The number of piperidine rings is 1. The smallest absolute Gasteiger partial charge is 0.239 e. The molecule has 1 saturated carbocycles. The van der Waals surface area contributed by atoms with Crippen molar-refractivity contribution in [3.63, 3.8) is 0 Å². The molecule has 2 atom stereocenters. The molecule has 8 heteroatoms. The Kier molecular flexibility index (Phi) is 5.99. The number of amides is 1. The van der Waals surface area contributed by atoms with Gasteiger partial charge in [-0.3, -0.25) is 10.1 Å². The molecule has 8 nitrogen and oxygen atoms in total. The standard InChI is InChI=1S/C24H31N5O3/c25-19(11-17-14-26-20-4-2-1-3-18(17)20)24(31)29-9-7-15(8-10-29)13-27-23(30)21-12-22(32-28-21)16-5-6-16/h1-4,12,14-16,19,23,26-27,30H,5-11,13,25H2/t19-,23?/m0/s1. The molecule has 1 saturated heterocycles. The van der Waals surface area contributed by atoms with Gasteiger partial charge in [-0.05, 0) is 49.7 Å². The molecular weight excluding hydrogens is 406 g/mol. The highest BCUT2D eigenvalue weighted by Gasteiger charge is 2.30. The van der Waals surface area contributed by atoms with Crippen molar-refractivity contribution in [2.75, 3.05) is 19.6 Å². The second-order valence-corrected chi connectivity index (χ2v) is 9.18. The van der Waals surface area contributed by atoms with E-state index in [1.807, 2.05) is 35.4 Å². The molecule has 0 bridgehead atoms. The Morgan fingerprint density at radius 1 is 1.28 bits per heavy atom. The lowest BCUT2D eigenvalue weighted by molar-refractivity contribution is -0.134. The third kappa shape index (κ3) is 4.57. The van der Waals surface area contributed by atoms with Gasteiger partial charge < -0.3 is 25.2 Å². The number of likely N-dealkylation sites (tertiary alicyclic amines) is 1. The number of aliphatic hydroxyl groups excluding tert-OH is 1. The molecule has 1 aliphatic carbocycles. The summed E-state index contributed by atoms with van der Waals surface area (Å²) < 4.78 is 5.32. The molecule has 2 aliphatic rings. The molecule has 5 rings (SSSR count). The van der Waals surface area contributed by atoms with Gasteiger partial charge >= 0.3 is 0 Å². The van der Waals surface area contributed by atoms with E-state index in [2.05, 4.69) is 21.5 Å². The van der Waals surface area contributed by atoms with E-state index in [9.17, 15) is 9.90 Å². The number of aromatic nitrogens is 2. The summed E-state index contributed by atoms with van der Waals surface area (Å²) in [6.07, 6.45) is 5.70. The number of para-hydroxylation sites is 1. The van der Waals surface area contributed by atoms with Crippen molar-refractivity contribution >= 4 is 16.8 Å². The Balaban J connectivity index is 1.08. The second kappa shape index (κ2) is 9.05. The number of hydrogen-bond acceptors (Lipinski definition) is 6. The summed E-state index contributed by atoms with van der Waals surface area (Å²) in [7, 11) is 0. The highest BCUT2D eigenvalue weighted by atomic mass is 16.5. The largest absolute Gasteiger partial charge is 0.373 e. The number of hydrogen-bond donors (Lipinski definition) is 4. The Morgan fingerprint density at radius 3 is 2.84 bits per heavy atom. The monoisotopic (exact) mass is 437 g/mol. The van der Waals surface area contributed by atoms with Crippen molar-refractivity contribution in [2.45, 2.75) is 50.3 Å². The minimum absolute atomic E-state index is 0.0110. The zero-order valence-corrected chi connectivity index (χ0v) is 18.2. The fourth-order valence-corrected chi connectivity index (χ4v) is 4.59. The van der Waals surface area contributed by atoms with E-state index < -0.39 is 12.3 Å². The van der Waals surface area contributed by atoms with Crippen molar-refractivity contribution in [3.05, 3.63) is 53.5 Å². The highest BCUT2D eigenvalue weighted by molar-refractivity contribution is 5.86. The van der Waals surface area contributed by atoms with E-state index in [1.165, 1.54) is 0 Å². The van der Waals surface area contributed by atoms with Crippen molar-refractivity contribution in [1.29, 1.82) is 0 Å². The number of benzene rings is 1. The van der Waals surface area contributed by atoms with Gasteiger partial charge in [0.2, 0.25) is 5.91 Å². The van der Waals surface area contributed by atoms with Crippen LogP contribution in [0, 0.1) is 5.92 Å². The summed E-state index contributed by atoms with van der Waals surface area (Å²) >= 11 is 0. The van der Waals surface area contributed by atoms with E-state index in [1.54, 1.807) is 0 Å². The number of H-pyrrole nitrogens is 1. The third-order valence-electron chi connectivity index (χ3n) is 6.76. The summed E-state index contributed by atoms with van der Waals surface area (Å²) in [5.74, 6) is 1.76. The quantitative estimate of drug-likeness (QED) is 0.402. The predicted octanol–water partition coefficient (Wildman–Crippen LogP) is 2.42. The number of carbonyl (C=O) groups is 1. The number of nitrogens with two attached hydrogens (primary N) is 1. The Hall–Kier alpha value is -2.68. The van der Waals surface area contributed by atoms with Crippen molar-refractivity contribution < 1.29 is 14.4 Å². The first-order valence-corrected chi connectivity index (χ1v) is 11.6. The minimum atomic E-state index is -0.824. The lowest BCUT2D eigenvalue weighted by atomic mass is 9.95. The maximum atomic E-state index is 12.9. The first-order chi connectivity index (χ1) is 15.6. The SMILES string of the molecule is N[C@@H](Cc1c[nH]c2ccccc12)C(=O)N1CCC(CNC(O)c2cc(C3CC3)on2)CC1. The van der Waals surface area contributed by atoms with E-state index in [-0.39, 0.29) is 5.91 Å². The molecule has 1 aromatic carbocycles. The van der Waals surface area contributed by atoms with Crippen LogP contribution in [0.15, 0.2) is 41.1 Å². The third-order valence-corrected chi connectivity index (χ3v) is 6.76. The first-order valence-electron chi connectivity index (χ1n) is 11.6. The molecule has 5 N–H and O–H groups in total. The van der Waals surface area contributed by atoms with Crippen molar-refractivity contribution in [2.24, 2.45) is 11.7 Å². The molecule has 1 amide bonds. The van der Waals surface area contributed by atoms with Crippen LogP contribution >= 0.6 is 0 Å². The van der Waals surface area contributed by atoms with Gasteiger partial charge in [-0.15, -0.1) is 0 Å². The van der Waals surface area contributed by atoms with Crippen LogP contribution < -0.4 is 11.1 Å². The van der Waals surface area contributed by atoms with Crippen LogP contribution in [-0.4, -0.2) is 51.7 Å². The number of nitrogens with one attached hydrogen (secondary N) is 2. The van der Waals surface area contributed by atoms with Crippen LogP contribution in [0.3, 0.4) is 0 Å². The number of rotatable bonds is 8. The van der Waals surface area contributed by atoms with Crippen LogP contribution in [0.1, 0.15) is 54.8 Å². The van der Waals surface area contributed by atoms with Crippen LogP contribution in [0.25, 0.3) is 10.9 Å². The molecule has 2 fully saturated rings. The average molecular weight is 438 g/mol. The van der Waals surface area contributed by atoms with E-state index in [4.69, 9.17) is 10.3 Å². The lowest BCUT2D eigenvalue weighted by Gasteiger charge is -2.34. The summed E-state index contributed by atoms with van der Waals surface area (Å²) in [5.41, 5.74) is 8.97. The van der Waals surface area contributed by atoms with Gasteiger partial charge in [-0.1, -0.05) is 23.4 Å². The van der Waals surface area contributed by atoms with Gasteiger partial charge in [0.05, 0.1) is 6.04 Å². The van der Waals surface area contributed by atoms with E-state index >= 15 is 0 Å². The number of aromatic amines is 1. The molecule has 1 aliphatic heterocycles. The topological polar surface area (TPSA) is 120 Å². The number of fused-ring (bicyclic) bond motifs is 1. The predicted molar refractivity (Wildman–Crippen MR) is 121 cm³/mol. The van der Waals surface area contributed by atoms with Gasteiger partial charge in [0.15, 0.2) is 6.23 Å². The molecule has 170 valence electrons. The summed E-state index contributed by atoms with van der Waals surface area (Å²) in [6.45, 7) is 2.06. The van der Waals surface area contributed by atoms with Crippen molar-refractivity contribution in [3.8, 4) is 0 Å². The Morgan fingerprint density at radius 2 is 2.06 bits per heavy atom. The molecular formula is C24H31N5O3. The van der Waals surface area contributed by atoms with Crippen LogP contribution in [0.2, 0.25) is 0 Å². The minimum Gasteiger partial charge on any atom is -0.373 e. The van der Waals surface area contributed by atoms with Crippen LogP contribution in [0.5, 0.6) is 0 Å². The fourth-order valence-electron chi connectivity index (χ4n) is 4.59. The average Bonchev–Trinajstić information content (AvgIpc) is 3.41. The van der Waals surface area contributed by atoms with Gasteiger partial charge in [0.25, 0.3) is 0 Å².